The molecule has 0 saturated heterocycles. The van der Waals surface area contributed by atoms with Gasteiger partial charge in [0.05, 0.1) is 5.56 Å². The maximum atomic E-state index is 12.7. The lowest BCUT2D eigenvalue weighted by Gasteiger charge is -2.09. The number of hydrogen-bond acceptors (Lipinski definition) is 2. The zero-order valence-corrected chi connectivity index (χ0v) is 12.1. The van der Waals surface area contributed by atoms with Gasteiger partial charge in [-0.3, -0.25) is 0 Å². The third-order valence-corrected chi connectivity index (χ3v) is 4.36. The van der Waals surface area contributed by atoms with Crippen LogP contribution >= 0.6 is 11.3 Å². The van der Waals surface area contributed by atoms with Gasteiger partial charge in [0.2, 0.25) is 0 Å². The number of hydrogen-bond donors (Lipinski definition) is 1. The van der Waals surface area contributed by atoms with Gasteiger partial charge in [-0.15, -0.1) is 11.3 Å². The van der Waals surface area contributed by atoms with Crippen LogP contribution < -0.4 is 5.32 Å². The summed E-state index contributed by atoms with van der Waals surface area (Å²) in [6, 6.07) is 9.52. The molecule has 0 aliphatic rings. The summed E-state index contributed by atoms with van der Waals surface area (Å²) in [5, 5.41) is 3.29. The van der Waals surface area contributed by atoms with Crippen molar-refractivity contribution in [3.05, 3.63) is 46.8 Å². The van der Waals surface area contributed by atoms with Crippen LogP contribution in [-0.2, 0) is 6.18 Å². The van der Waals surface area contributed by atoms with Gasteiger partial charge in [-0.25, -0.2) is 0 Å². The molecule has 108 valence electrons. The Bertz CT molecular complexity index is 574. The average Bonchev–Trinajstić information content (AvgIpc) is 2.88. The normalized spacial score (nSPS) is 13.4. The molecule has 1 aromatic heterocycles. The molecule has 1 aromatic carbocycles. The number of rotatable bonds is 4. The highest BCUT2D eigenvalue weighted by molar-refractivity contribution is 7.15. The van der Waals surface area contributed by atoms with Gasteiger partial charge in [-0.1, -0.05) is 19.1 Å². The van der Waals surface area contributed by atoms with E-state index >= 15 is 0 Å². The van der Waals surface area contributed by atoms with E-state index in [2.05, 4.69) is 5.32 Å². The lowest BCUT2D eigenvalue weighted by molar-refractivity contribution is -0.137. The second-order valence-electron chi connectivity index (χ2n) is 4.56. The Kier molecular flexibility index (Phi) is 4.50. The van der Waals surface area contributed by atoms with E-state index in [1.165, 1.54) is 23.5 Å². The molecule has 1 heterocycles. The Labute approximate surface area is 120 Å². The molecule has 5 heteroatoms. The first-order valence-corrected chi connectivity index (χ1v) is 7.24. The highest BCUT2D eigenvalue weighted by atomic mass is 32.1. The van der Waals surface area contributed by atoms with Gasteiger partial charge in [-0.05, 0) is 43.3 Å². The lowest BCUT2D eigenvalue weighted by atomic mass is 10.1. The molecular formula is C15H16F3NS. The van der Waals surface area contributed by atoms with Crippen molar-refractivity contribution in [3.8, 4) is 10.4 Å². The van der Waals surface area contributed by atoms with E-state index in [1.807, 2.05) is 26.0 Å². The predicted molar refractivity (Wildman–Crippen MR) is 76.8 cm³/mol. The molecule has 20 heavy (non-hydrogen) atoms. The van der Waals surface area contributed by atoms with Crippen molar-refractivity contribution in [2.75, 3.05) is 6.54 Å². The standard InChI is InChI=1S/C15H16F3NS/c1-3-19-10(2)13-7-8-14(20-13)11-5-4-6-12(9-11)15(16,17)18/h4-10,19H,3H2,1-2H3. The molecule has 0 bridgehead atoms. The van der Waals surface area contributed by atoms with Crippen LogP contribution in [0.4, 0.5) is 13.2 Å². The molecular weight excluding hydrogens is 283 g/mol. The summed E-state index contributed by atoms with van der Waals surface area (Å²) in [6.45, 7) is 4.93. The fourth-order valence-electron chi connectivity index (χ4n) is 2.00. The first-order valence-electron chi connectivity index (χ1n) is 6.42. The van der Waals surface area contributed by atoms with Crippen LogP contribution in [0.2, 0.25) is 0 Å². The highest BCUT2D eigenvalue weighted by Crippen LogP contribution is 2.35. The minimum Gasteiger partial charge on any atom is -0.310 e. The summed E-state index contributed by atoms with van der Waals surface area (Å²) in [5.41, 5.74) is 0.00413. The predicted octanol–water partition coefficient (Wildman–Crippen LogP) is 5.10. The van der Waals surface area contributed by atoms with Gasteiger partial charge in [0.15, 0.2) is 0 Å². The van der Waals surface area contributed by atoms with E-state index in [0.29, 0.717) is 5.56 Å². The summed E-state index contributed by atoms with van der Waals surface area (Å²) in [7, 11) is 0. The topological polar surface area (TPSA) is 12.0 Å². The Morgan fingerprint density at radius 2 is 1.95 bits per heavy atom. The Morgan fingerprint density at radius 1 is 1.20 bits per heavy atom. The molecule has 0 aliphatic carbocycles. The van der Waals surface area contributed by atoms with Gasteiger partial charge in [-0.2, -0.15) is 13.2 Å². The lowest BCUT2D eigenvalue weighted by Crippen LogP contribution is -2.16. The van der Waals surface area contributed by atoms with Gasteiger partial charge in [0.1, 0.15) is 0 Å². The minimum atomic E-state index is -4.30. The van der Waals surface area contributed by atoms with Crippen LogP contribution in [0, 0.1) is 0 Å². The largest absolute Gasteiger partial charge is 0.416 e. The molecule has 0 spiro atoms. The van der Waals surface area contributed by atoms with E-state index in [9.17, 15) is 13.2 Å². The van der Waals surface area contributed by atoms with Crippen molar-refractivity contribution in [1.29, 1.82) is 0 Å². The smallest absolute Gasteiger partial charge is 0.310 e. The van der Waals surface area contributed by atoms with Crippen LogP contribution in [0.3, 0.4) is 0 Å². The zero-order valence-electron chi connectivity index (χ0n) is 11.3. The van der Waals surface area contributed by atoms with E-state index in [4.69, 9.17) is 0 Å². The van der Waals surface area contributed by atoms with E-state index in [1.54, 1.807) is 6.07 Å². The molecule has 0 amide bonds. The highest BCUT2D eigenvalue weighted by Gasteiger charge is 2.30. The molecule has 0 aliphatic heterocycles. The van der Waals surface area contributed by atoms with Crippen LogP contribution in [0.15, 0.2) is 36.4 Å². The van der Waals surface area contributed by atoms with E-state index in [0.717, 1.165) is 22.4 Å². The Balaban J connectivity index is 2.28. The molecule has 2 aromatic rings. The third kappa shape index (κ3) is 3.41. The van der Waals surface area contributed by atoms with Crippen LogP contribution in [0.1, 0.15) is 30.3 Å². The molecule has 1 unspecified atom stereocenters. The van der Waals surface area contributed by atoms with E-state index in [-0.39, 0.29) is 6.04 Å². The van der Waals surface area contributed by atoms with Gasteiger partial charge in [0, 0.05) is 15.8 Å². The number of thiophene rings is 1. The number of halogens is 3. The van der Waals surface area contributed by atoms with Crippen LogP contribution in [0.25, 0.3) is 10.4 Å². The molecule has 1 nitrogen and oxygen atoms in total. The first-order chi connectivity index (χ1) is 9.41. The van der Waals surface area contributed by atoms with Gasteiger partial charge < -0.3 is 5.32 Å². The number of alkyl halides is 3. The molecule has 1 N–H and O–H groups in total. The van der Waals surface area contributed by atoms with Crippen molar-refractivity contribution >= 4 is 11.3 Å². The van der Waals surface area contributed by atoms with Crippen molar-refractivity contribution < 1.29 is 13.2 Å². The molecule has 1 atom stereocenters. The van der Waals surface area contributed by atoms with Gasteiger partial charge >= 0.3 is 6.18 Å². The average molecular weight is 299 g/mol. The third-order valence-electron chi connectivity index (χ3n) is 3.04. The fourth-order valence-corrected chi connectivity index (χ4v) is 3.03. The Hall–Kier alpha value is -1.33. The minimum absolute atomic E-state index is 0.213. The number of nitrogens with one attached hydrogen (secondary N) is 1. The van der Waals surface area contributed by atoms with E-state index < -0.39 is 11.7 Å². The molecule has 0 radical (unpaired) electrons. The first kappa shape index (κ1) is 15.1. The second-order valence-corrected chi connectivity index (χ2v) is 5.68. The SMILES string of the molecule is CCNC(C)c1ccc(-c2cccc(C(F)(F)F)c2)s1. The van der Waals surface area contributed by atoms with Crippen molar-refractivity contribution in [3.63, 3.8) is 0 Å². The maximum absolute atomic E-state index is 12.7. The van der Waals surface area contributed by atoms with Crippen molar-refractivity contribution in [2.24, 2.45) is 0 Å². The van der Waals surface area contributed by atoms with Crippen LogP contribution in [-0.4, -0.2) is 6.54 Å². The zero-order chi connectivity index (χ0) is 14.8. The summed E-state index contributed by atoms with van der Waals surface area (Å²) in [4.78, 5) is 1.98. The van der Waals surface area contributed by atoms with Gasteiger partial charge in [0.25, 0.3) is 0 Å². The molecule has 2 rings (SSSR count). The molecule has 0 saturated carbocycles. The monoisotopic (exact) mass is 299 g/mol. The maximum Gasteiger partial charge on any atom is 0.416 e. The summed E-state index contributed by atoms with van der Waals surface area (Å²) in [6.07, 6.45) is -4.30. The fraction of sp³-hybridized carbons (Fsp3) is 0.333. The van der Waals surface area contributed by atoms with Crippen molar-refractivity contribution in [2.45, 2.75) is 26.1 Å². The second kappa shape index (κ2) is 5.97. The Morgan fingerprint density at radius 3 is 2.60 bits per heavy atom. The summed E-state index contributed by atoms with van der Waals surface area (Å²) >= 11 is 1.52. The summed E-state index contributed by atoms with van der Waals surface area (Å²) < 4.78 is 38.1. The summed E-state index contributed by atoms with van der Waals surface area (Å²) in [5.74, 6) is 0. The van der Waals surface area contributed by atoms with Crippen molar-refractivity contribution in [1.82, 2.24) is 5.32 Å². The number of benzene rings is 1. The van der Waals surface area contributed by atoms with Crippen LogP contribution in [0.5, 0.6) is 0 Å². The quantitative estimate of drug-likeness (QED) is 0.827. The molecule has 0 fully saturated rings.